The monoisotopic (exact) mass is 560 g/mol. The van der Waals surface area contributed by atoms with Gasteiger partial charge in [0, 0.05) is 0 Å². The zero-order valence-electron chi connectivity index (χ0n) is 20.2. The van der Waals surface area contributed by atoms with Crippen LogP contribution in [0.1, 0.15) is 16.7 Å². The van der Waals surface area contributed by atoms with Crippen molar-refractivity contribution in [1.29, 1.82) is 0 Å². The van der Waals surface area contributed by atoms with Crippen LogP contribution in [0.4, 0.5) is 5.69 Å². The molecule has 3 aromatic carbocycles. The van der Waals surface area contributed by atoms with E-state index < -0.39 is 15.9 Å². The maximum atomic E-state index is 13.5. The topological polar surface area (TPSA) is 84.9 Å². The van der Waals surface area contributed by atoms with Gasteiger partial charge in [0.15, 0.2) is 0 Å². The largest absolute Gasteiger partial charge is 0.496 e. The van der Waals surface area contributed by atoms with Gasteiger partial charge in [-0.3, -0.25) is 9.10 Å². The minimum atomic E-state index is -4.04. The van der Waals surface area contributed by atoms with Crippen molar-refractivity contribution >= 4 is 37.5 Å². The van der Waals surface area contributed by atoms with Crippen molar-refractivity contribution < 1.29 is 22.7 Å². The molecule has 9 heteroatoms. The van der Waals surface area contributed by atoms with Gasteiger partial charge >= 0.3 is 0 Å². The molecule has 0 saturated heterocycles. The Labute approximate surface area is 215 Å². The van der Waals surface area contributed by atoms with Crippen molar-refractivity contribution in [3.63, 3.8) is 0 Å². The number of methoxy groups -OCH3 is 1. The Bertz CT molecular complexity index is 1270. The summed E-state index contributed by atoms with van der Waals surface area (Å²) in [6.07, 6.45) is 0. The maximum absolute atomic E-state index is 13.5. The Kier molecular flexibility index (Phi) is 8.80. The number of amides is 1. The lowest BCUT2D eigenvalue weighted by Crippen LogP contribution is -2.42. The van der Waals surface area contributed by atoms with E-state index in [1.54, 1.807) is 30.3 Å². The van der Waals surface area contributed by atoms with E-state index in [-0.39, 0.29) is 24.6 Å². The molecule has 0 aliphatic carbocycles. The fourth-order valence-electron chi connectivity index (χ4n) is 3.52. The molecule has 0 spiro atoms. The van der Waals surface area contributed by atoms with Crippen molar-refractivity contribution in [3.05, 3.63) is 81.8 Å². The molecule has 0 atom stereocenters. The normalized spacial score (nSPS) is 11.1. The molecule has 7 nitrogen and oxygen atoms in total. The Hall–Kier alpha value is -3.04. The third-order valence-corrected chi connectivity index (χ3v) is 7.60. The van der Waals surface area contributed by atoms with Crippen molar-refractivity contribution in [2.24, 2.45) is 0 Å². The highest BCUT2D eigenvalue weighted by Gasteiger charge is 2.28. The molecule has 3 aromatic rings. The highest BCUT2D eigenvalue weighted by Crippen LogP contribution is 2.30. The number of hydrogen-bond acceptors (Lipinski definition) is 5. The van der Waals surface area contributed by atoms with Gasteiger partial charge in [0.2, 0.25) is 5.91 Å². The lowest BCUT2D eigenvalue weighted by Gasteiger charge is -2.24. The zero-order valence-corrected chi connectivity index (χ0v) is 22.6. The molecule has 0 aliphatic heterocycles. The standard InChI is InChI=1S/C26H29BrN2O5S/c1-18-5-7-21(8-6-18)29(35(31,32)23-9-10-25(33-4)24(27)16-23)17-26(30)28-11-12-34-22-14-19(2)13-20(3)15-22/h5-10,13-16H,11-12,17H2,1-4H3,(H,28,30). The molecular formula is C26H29BrN2O5S. The number of carbonyl (C=O) groups excluding carboxylic acids is 1. The van der Waals surface area contributed by atoms with Crippen LogP contribution in [-0.2, 0) is 14.8 Å². The first-order valence-corrected chi connectivity index (χ1v) is 13.2. The molecule has 3 rings (SSSR count). The number of hydrogen-bond donors (Lipinski definition) is 1. The number of anilines is 1. The van der Waals surface area contributed by atoms with Gasteiger partial charge in [-0.15, -0.1) is 0 Å². The van der Waals surface area contributed by atoms with Crippen LogP contribution in [-0.4, -0.2) is 41.1 Å². The molecule has 0 radical (unpaired) electrons. The fourth-order valence-corrected chi connectivity index (χ4v) is 5.66. The van der Waals surface area contributed by atoms with E-state index in [2.05, 4.69) is 27.3 Å². The molecule has 0 heterocycles. The van der Waals surface area contributed by atoms with Crippen LogP contribution in [0, 0.1) is 20.8 Å². The average molecular weight is 561 g/mol. The van der Waals surface area contributed by atoms with E-state index in [4.69, 9.17) is 9.47 Å². The number of nitrogens with zero attached hydrogens (tertiary/aromatic N) is 1. The van der Waals surface area contributed by atoms with Gasteiger partial charge in [0.05, 0.1) is 28.7 Å². The second-order valence-corrected chi connectivity index (χ2v) is 10.9. The number of benzene rings is 3. The predicted molar refractivity (Wildman–Crippen MR) is 141 cm³/mol. The van der Waals surface area contributed by atoms with Crippen molar-refractivity contribution in [2.75, 3.05) is 31.1 Å². The van der Waals surface area contributed by atoms with Gasteiger partial charge in [-0.2, -0.15) is 0 Å². The molecular weight excluding hydrogens is 532 g/mol. The number of nitrogens with one attached hydrogen (secondary N) is 1. The Morgan fingerprint density at radius 1 is 0.943 bits per heavy atom. The van der Waals surface area contributed by atoms with Gasteiger partial charge in [0.25, 0.3) is 10.0 Å². The van der Waals surface area contributed by atoms with E-state index in [9.17, 15) is 13.2 Å². The molecule has 186 valence electrons. The molecule has 0 saturated carbocycles. The second kappa shape index (κ2) is 11.6. The lowest BCUT2D eigenvalue weighted by atomic mass is 10.1. The molecule has 0 fully saturated rings. The third-order valence-electron chi connectivity index (χ3n) is 5.21. The summed E-state index contributed by atoms with van der Waals surface area (Å²) in [6.45, 7) is 6.01. The van der Waals surface area contributed by atoms with E-state index in [1.807, 2.05) is 32.9 Å². The van der Waals surface area contributed by atoms with Crippen LogP contribution < -0.4 is 19.1 Å². The smallest absolute Gasteiger partial charge is 0.264 e. The number of carbonyl (C=O) groups is 1. The second-order valence-electron chi connectivity index (χ2n) is 8.17. The molecule has 0 aromatic heterocycles. The minimum Gasteiger partial charge on any atom is -0.496 e. The molecule has 1 N–H and O–H groups in total. The van der Waals surface area contributed by atoms with Gasteiger partial charge < -0.3 is 14.8 Å². The fraction of sp³-hybridized carbons (Fsp3) is 0.269. The summed E-state index contributed by atoms with van der Waals surface area (Å²) in [5.41, 5.74) is 3.55. The van der Waals surface area contributed by atoms with Gasteiger partial charge in [-0.05, 0) is 90.3 Å². The summed E-state index contributed by atoms with van der Waals surface area (Å²) in [5.74, 6) is 0.795. The van der Waals surface area contributed by atoms with E-state index in [0.29, 0.717) is 15.9 Å². The van der Waals surface area contributed by atoms with Gasteiger partial charge in [-0.1, -0.05) is 23.8 Å². The first-order chi connectivity index (χ1) is 16.6. The first kappa shape index (κ1) is 26.6. The van der Waals surface area contributed by atoms with Crippen molar-refractivity contribution in [2.45, 2.75) is 25.7 Å². The summed E-state index contributed by atoms with van der Waals surface area (Å²) in [5, 5.41) is 2.75. The number of aryl methyl sites for hydroxylation is 3. The highest BCUT2D eigenvalue weighted by molar-refractivity contribution is 9.10. The minimum absolute atomic E-state index is 0.0386. The third kappa shape index (κ3) is 6.99. The summed E-state index contributed by atoms with van der Waals surface area (Å²) < 4.78 is 39.6. The summed E-state index contributed by atoms with van der Waals surface area (Å²) in [7, 11) is -2.54. The molecule has 0 bridgehead atoms. The van der Waals surface area contributed by atoms with Crippen LogP contribution in [0.25, 0.3) is 0 Å². The van der Waals surface area contributed by atoms with Crippen LogP contribution in [0.2, 0.25) is 0 Å². The number of sulfonamides is 1. The quantitative estimate of drug-likeness (QED) is 0.361. The maximum Gasteiger partial charge on any atom is 0.264 e. The molecule has 1 amide bonds. The zero-order chi connectivity index (χ0) is 25.6. The number of ether oxygens (including phenoxy) is 2. The lowest BCUT2D eigenvalue weighted by molar-refractivity contribution is -0.119. The summed E-state index contributed by atoms with van der Waals surface area (Å²) in [4.78, 5) is 12.8. The first-order valence-electron chi connectivity index (χ1n) is 11.0. The van der Waals surface area contributed by atoms with Crippen LogP contribution >= 0.6 is 15.9 Å². The van der Waals surface area contributed by atoms with Crippen molar-refractivity contribution in [3.8, 4) is 11.5 Å². The Balaban J connectivity index is 1.74. The Morgan fingerprint density at radius 2 is 1.60 bits per heavy atom. The number of halogens is 1. The predicted octanol–water partition coefficient (Wildman–Crippen LogP) is 4.77. The molecule has 0 unspecified atom stereocenters. The van der Waals surface area contributed by atoms with Crippen LogP contribution in [0.3, 0.4) is 0 Å². The highest BCUT2D eigenvalue weighted by atomic mass is 79.9. The number of rotatable bonds is 10. The van der Waals surface area contributed by atoms with E-state index >= 15 is 0 Å². The SMILES string of the molecule is COc1ccc(S(=O)(=O)N(CC(=O)NCCOc2cc(C)cc(C)c2)c2ccc(C)cc2)cc1Br. The summed E-state index contributed by atoms with van der Waals surface area (Å²) >= 11 is 3.33. The summed E-state index contributed by atoms with van der Waals surface area (Å²) in [6, 6.07) is 17.4. The van der Waals surface area contributed by atoms with Crippen molar-refractivity contribution in [1.82, 2.24) is 5.32 Å². The van der Waals surface area contributed by atoms with Gasteiger partial charge in [0.1, 0.15) is 24.7 Å². The van der Waals surface area contributed by atoms with E-state index in [0.717, 1.165) is 26.7 Å². The van der Waals surface area contributed by atoms with E-state index in [1.165, 1.54) is 19.2 Å². The Morgan fingerprint density at radius 3 is 2.20 bits per heavy atom. The van der Waals surface area contributed by atoms with Crippen LogP contribution in [0.15, 0.2) is 70.0 Å². The van der Waals surface area contributed by atoms with Gasteiger partial charge in [-0.25, -0.2) is 8.42 Å². The molecule has 35 heavy (non-hydrogen) atoms. The van der Waals surface area contributed by atoms with Crippen LogP contribution in [0.5, 0.6) is 11.5 Å². The average Bonchev–Trinajstić information content (AvgIpc) is 2.80. The molecule has 0 aliphatic rings.